The molecule has 5 heteroatoms. The van der Waals surface area contributed by atoms with Crippen molar-refractivity contribution in [2.24, 2.45) is 11.5 Å². The molecule has 4 rings (SSSR count). The molecule has 3 aromatic rings. The second-order valence-electron chi connectivity index (χ2n) is 7.68. The van der Waals surface area contributed by atoms with E-state index >= 15 is 0 Å². The Morgan fingerprint density at radius 1 is 0.966 bits per heavy atom. The average Bonchev–Trinajstić information content (AvgIpc) is 3.30. The van der Waals surface area contributed by atoms with E-state index in [0.717, 1.165) is 43.8 Å². The lowest BCUT2D eigenvalue weighted by Crippen LogP contribution is -2.48. The topological polar surface area (TPSA) is 64.5 Å². The molecule has 0 bridgehead atoms. The Hall–Kier alpha value is -2.34. The number of thiophene rings is 1. The maximum Gasteiger partial charge on any atom is 0.143 e. The SMILES string of the molecule is NCCC(Oc1ccccc1N1CCC(N)(c2ccccc2)CC1)c1cccs1. The van der Waals surface area contributed by atoms with Gasteiger partial charge in [0.25, 0.3) is 0 Å². The second-order valence-corrected chi connectivity index (χ2v) is 8.66. The van der Waals surface area contributed by atoms with Gasteiger partial charge in [0.2, 0.25) is 0 Å². The molecule has 2 heterocycles. The normalized spacial score (nSPS) is 17.1. The van der Waals surface area contributed by atoms with Gasteiger partial charge in [-0.15, -0.1) is 11.3 Å². The van der Waals surface area contributed by atoms with E-state index in [-0.39, 0.29) is 11.6 Å². The van der Waals surface area contributed by atoms with E-state index in [2.05, 4.69) is 64.9 Å². The molecule has 0 aliphatic carbocycles. The quantitative estimate of drug-likeness (QED) is 0.597. The third kappa shape index (κ3) is 4.47. The summed E-state index contributed by atoms with van der Waals surface area (Å²) in [5.41, 5.74) is 14.7. The van der Waals surface area contributed by atoms with Crippen LogP contribution >= 0.6 is 11.3 Å². The van der Waals surface area contributed by atoms with Gasteiger partial charge in [-0.3, -0.25) is 0 Å². The van der Waals surface area contributed by atoms with Crippen LogP contribution in [0.2, 0.25) is 0 Å². The van der Waals surface area contributed by atoms with Gasteiger partial charge in [-0.2, -0.15) is 0 Å². The summed E-state index contributed by atoms with van der Waals surface area (Å²) in [7, 11) is 0. The van der Waals surface area contributed by atoms with Crippen molar-refractivity contribution in [1.29, 1.82) is 0 Å². The van der Waals surface area contributed by atoms with Gasteiger partial charge in [0.15, 0.2) is 0 Å². The van der Waals surface area contributed by atoms with Crippen molar-refractivity contribution in [1.82, 2.24) is 0 Å². The number of benzene rings is 2. The fraction of sp³-hybridized carbons (Fsp3) is 0.333. The van der Waals surface area contributed by atoms with Crippen molar-refractivity contribution in [3.8, 4) is 5.75 Å². The van der Waals surface area contributed by atoms with Crippen LogP contribution in [-0.2, 0) is 5.54 Å². The van der Waals surface area contributed by atoms with Gasteiger partial charge in [0.05, 0.1) is 5.69 Å². The number of ether oxygens (including phenoxy) is 1. The highest BCUT2D eigenvalue weighted by Gasteiger charge is 2.33. The molecule has 1 aliphatic rings. The van der Waals surface area contributed by atoms with Crippen molar-refractivity contribution < 1.29 is 4.74 Å². The minimum atomic E-state index is -0.257. The minimum Gasteiger partial charge on any atom is -0.483 e. The van der Waals surface area contributed by atoms with Crippen LogP contribution in [0.1, 0.15) is 35.8 Å². The van der Waals surface area contributed by atoms with E-state index in [1.807, 2.05) is 12.1 Å². The molecule has 4 nitrogen and oxygen atoms in total. The molecule has 29 heavy (non-hydrogen) atoms. The van der Waals surface area contributed by atoms with Gasteiger partial charge >= 0.3 is 0 Å². The first-order valence-electron chi connectivity index (χ1n) is 10.3. The van der Waals surface area contributed by atoms with Gasteiger partial charge in [-0.25, -0.2) is 0 Å². The predicted molar refractivity (Wildman–Crippen MR) is 122 cm³/mol. The molecule has 1 saturated heterocycles. The second kappa shape index (κ2) is 8.99. The summed E-state index contributed by atoms with van der Waals surface area (Å²) in [5, 5.41) is 2.09. The van der Waals surface area contributed by atoms with E-state index in [9.17, 15) is 0 Å². The van der Waals surface area contributed by atoms with Crippen LogP contribution < -0.4 is 21.1 Å². The summed E-state index contributed by atoms with van der Waals surface area (Å²) >= 11 is 1.72. The standard InChI is InChI=1S/C24H29N3OS/c25-15-12-22(23-11-6-18-29-23)28-21-10-5-4-9-20(21)27-16-13-24(26,14-17-27)19-7-2-1-3-8-19/h1-11,18,22H,12-17,25-26H2. The summed E-state index contributed by atoms with van der Waals surface area (Å²) in [4.78, 5) is 3.62. The number of para-hydroxylation sites is 2. The smallest absolute Gasteiger partial charge is 0.143 e. The van der Waals surface area contributed by atoms with Gasteiger partial charge in [0.1, 0.15) is 11.9 Å². The Morgan fingerprint density at radius 3 is 2.38 bits per heavy atom. The van der Waals surface area contributed by atoms with Crippen LogP contribution in [0.3, 0.4) is 0 Å². The van der Waals surface area contributed by atoms with Crippen molar-refractivity contribution in [3.63, 3.8) is 0 Å². The molecule has 4 N–H and O–H groups in total. The molecule has 1 aliphatic heterocycles. The molecule has 0 saturated carbocycles. The molecule has 0 spiro atoms. The third-order valence-corrected chi connectivity index (χ3v) is 6.73. The van der Waals surface area contributed by atoms with Gasteiger partial charge < -0.3 is 21.1 Å². The van der Waals surface area contributed by atoms with Gasteiger partial charge in [-0.1, -0.05) is 48.5 Å². The lowest BCUT2D eigenvalue weighted by atomic mass is 9.82. The van der Waals surface area contributed by atoms with Crippen molar-refractivity contribution in [2.75, 3.05) is 24.5 Å². The van der Waals surface area contributed by atoms with Crippen LogP contribution in [0.4, 0.5) is 5.69 Å². The molecule has 2 aromatic carbocycles. The Morgan fingerprint density at radius 2 is 1.69 bits per heavy atom. The summed E-state index contributed by atoms with van der Waals surface area (Å²) in [6.45, 7) is 2.42. The first-order valence-corrected chi connectivity index (χ1v) is 11.2. The van der Waals surface area contributed by atoms with E-state index in [0.29, 0.717) is 6.54 Å². The number of nitrogens with zero attached hydrogens (tertiary/aromatic N) is 1. The maximum atomic E-state index is 6.77. The summed E-state index contributed by atoms with van der Waals surface area (Å²) < 4.78 is 6.48. The van der Waals surface area contributed by atoms with Crippen molar-refractivity contribution in [3.05, 3.63) is 82.6 Å². The third-order valence-electron chi connectivity index (χ3n) is 5.77. The fourth-order valence-corrected chi connectivity index (χ4v) is 4.85. The summed E-state index contributed by atoms with van der Waals surface area (Å²) in [6.07, 6.45) is 2.63. The average molecular weight is 408 g/mol. The van der Waals surface area contributed by atoms with Gasteiger partial charge in [-0.05, 0) is 48.5 Å². The van der Waals surface area contributed by atoms with E-state index in [4.69, 9.17) is 16.2 Å². The number of anilines is 1. The Bertz CT molecular complexity index is 890. The van der Waals surface area contributed by atoms with Crippen molar-refractivity contribution in [2.45, 2.75) is 30.9 Å². The molecule has 1 aromatic heterocycles. The van der Waals surface area contributed by atoms with Gasteiger partial charge in [0, 0.05) is 29.9 Å². The first-order chi connectivity index (χ1) is 14.2. The molecular formula is C24H29N3OS. The Kier molecular flexibility index (Phi) is 6.19. The lowest BCUT2D eigenvalue weighted by Gasteiger charge is -2.41. The fourth-order valence-electron chi connectivity index (χ4n) is 4.06. The summed E-state index contributed by atoms with van der Waals surface area (Å²) in [5.74, 6) is 0.920. The number of nitrogens with two attached hydrogens (primary N) is 2. The number of rotatable bonds is 7. The maximum absolute atomic E-state index is 6.77. The molecule has 0 radical (unpaired) electrons. The summed E-state index contributed by atoms with van der Waals surface area (Å²) in [6, 6.07) is 23.0. The van der Waals surface area contributed by atoms with E-state index < -0.39 is 0 Å². The van der Waals surface area contributed by atoms with Crippen LogP contribution in [0.25, 0.3) is 0 Å². The van der Waals surface area contributed by atoms with Crippen LogP contribution in [0.5, 0.6) is 5.75 Å². The first kappa shape index (κ1) is 20.0. The van der Waals surface area contributed by atoms with Crippen LogP contribution in [0, 0.1) is 0 Å². The molecule has 1 unspecified atom stereocenters. The molecular weight excluding hydrogens is 378 g/mol. The largest absolute Gasteiger partial charge is 0.483 e. The zero-order valence-corrected chi connectivity index (χ0v) is 17.5. The highest BCUT2D eigenvalue weighted by Crippen LogP contribution is 2.38. The number of hydrogen-bond acceptors (Lipinski definition) is 5. The highest BCUT2D eigenvalue weighted by molar-refractivity contribution is 7.10. The molecule has 152 valence electrons. The van der Waals surface area contributed by atoms with E-state index in [1.165, 1.54) is 10.4 Å². The Labute approximate surface area is 177 Å². The molecule has 1 fully saturated rings. The highest BCUT2D eigenvalue weighted by atomic mass is 32.1. The Balaban J connectivity index is 1.50. The van der Waals surface area contributed by atoms with Crippen LogP contribution in [0.15, 0.2) is 72.1 Å². The monoisotopic (exact) mass is 407 g/mol. The number of piperidine rings is 1. The van der Waals surface area contributed by atoms with Crippen LogP contribution in [-0.4, -0.2) is 19.6 Å². The minimum absolute atomic E-state index is 0.0103. The molecule has 0 amide bonds. The van der Waals surface area contributed by atoms with Crippen molar-refractivity contribution >= 4 is 17.0 Å². The zero-order chi connectivity index (χ0) is 20.1. The number of hydrogen-bond donors (Lipinski definition) is 2. The zero-order valence-electron chi connectivity index (χ0n) is 16.7. The molecule has 1 atom stereocenters. The van der Waals surface area contributed by atoms with E-state index in [1.54, 1.807) is 11.3 Å². The predicted octanol–water partition coefficient (Wildman–Crippen LogP) is 4.67. The lowest BCUT2D eigenvalue weighted by molar-refractivity contribution is 0.201.